The van der Waals surface area contributed by atoms with Gasteiger partial charge >= 0.3 is 0 Å². The maximum atomic E-state index is 13.1. The van der Waals surface area contributed by atoms with E-state index in [1.54, 1.807) is 13.2 Å². The molecule has 2 heterocycles. The monoisotopic (exact) mass is 439 g/mol. The second-order valence-electron chi connectivity index (χ2n) is 8.30. The van der Waals surface area contributed by atoms with Crippen LogP contribution in [0, 0.1) is 0 Å². The number of nitrogens with two attached hydrogens (primary N) is 1. The zero-order valence-corrected chi connectivity index (χ0v) is 19.0. The fourth-order valence-corrected chi connectivity index (χ4v) is 4.37. The van der Waals surface area contributed by atoms with Crippen molar-refractivity contribution >= 4 is 23.2 Å². The van der Waals surface area contributed by atoms with Crippen LogP contribution < -0.4 is 15.8 Å². The van der Waals surface area contributed by atoms with Gasteiger partial charge in [0, 0.05) is 38.9 Å². The highest BCUT2D eigenvalue weighted by atomic mass is 35.5. The van der Waals surface area contributed by atoms with Gasteiger partial charge in [-0.05, 0) is 45.6 Å². The smallest absolute Gasteiger partial charge is 0.255 e. The molecule has 7 nitrogen and oxygen atoms in total. The van der Waals surface area contributed by atoms with Crippen LogP contribution in [-0.4, -0.2) is 69.0 Å². The average Bonchev–Trinajstić information content (AvgIpc) is 2.74. The Morgan fingerprint density at radius 1 is 1.47 bits per heavy atom. The average molecular weight is 440 g/mol. The van der Waals surface area contributed by atoms with Crippen LogP contribution in [0.1, 0.15) is 49.0 Å². The lowest BCUT2D eigenvalue weighted by Crippen LogP contribution is -2.55. The Kier molecular flexibility index (Phi) is 8.22. The van der Waals surface area contributed by atoms with Gasteiger partial charge in [-0.3, -0.25) is 4.79 Å². The Morgan fingerprint density at radius 3 is 3.00 bits per heavy atom. The van der Waals surface area contributed by atoms with Crippen LogP contribution >= 0.6 is 11.6 Å². The number of likely N-dealkylation sites (tertiary alicyclic amines) is 1. The molecule has 1 saturated heterocycles. The molecule has 3 rings (SSSR count). The van der Waals surface area contributed by atoms with Gasteiger partial charge in [0.25, 0.3) is 5.91 Å². The molecule has 1 aromatic rings. The van der Waals surface area contributed by atoms with Crippen molar-refractivity contribution in [1.82, 2.24) is 10.2 Å². The third kappa shape index (κ3) is 5.58. The molecule has 2 atom stereocenters. The number of amides is 1. The summed E-state index contributed by atoms with van der Waals surface area (Å²) in [6.07, 6.45) is 3.62. The van der Waals surface area contributed by atoms with Crippen molar-refractivity contribution in [2.75, 3.05) is 45.7 Å². The molecular formula is C22H34ClN3O4. The third-order valence-corrected chi connectivity index (χ3v) is 6.08. The van der Waals surface area contributed by atoms with E-state index < -0.39 is 0 Å². The number of nitrogen functional groups attached to an aromatic ring is 1. The van der Waals surface area contributed by atoms with Crippen LogP contribution in [0.25, 0.3) is 0 Å². The number of ether oxygens (including phenoxy) is 3. The molecule has 1 fully saturated rings. The van der Waals surface area contributed by atoms with E-state index in [4.69, 9.17) is 31.5 Å². The fourth-order valence-electron chi connectivity index (χ4n) is 4.14. The van der Waals surface area contributed by atoms with Crippen molar-refractivity contribution in [1.29, 1.82) is 0 Å². The molecule has 0 spiro atoms. The molecule has 30 heavy (non-hydrogen) atoms. The lowest BCUT2D eigenvalue weighted by Gasteiger charge is -2.38. The van der Waals surface area contributed by atoms with Gasteiger partial charge in [-0.25, -0.2) is 0 Å². The number of carbonyl (C=O) groups excluding carboxylic acids is 1. The summed E-state index contributed by atoms with van der Waals surface area (Å²) < 4.78 is 17.1. The summed E-state index contributed by atoms with van der Waals surface area (Å²) >= 11 is 6.29. The molecule has 3 N–H and O–H groups in total. The quantitative estimate of drug-likeness (QED) is 0.478. The largest absolute Gasteiger partial charge is 0.492 e. The zero-order chi connectivity index (χ0) is 21.7. The molecule has 0 aromatic heterocycles. The Labute approximate surface area is 184 Å². The minimum absolute atomic E-state index is 0.0683. The van der Waals surface area contributed by atoms with E-state index in [0.717, 1.165) is 57.5 Å². The molecule has 2 aliphatic rings. The minimum Gasteiger partial charge on any atom is -0.492 e. The highest BCUT2D eigenvalue weighted by Crippen LogP contribution is 2.38. The van der Waals surface area contributed by atoms with Gasteiger partial charge in [-0.1, -0.05) is 11.6 Å². The number of methoxy groups -OCH3 is 1. The third-order valence-electron chi connectivity index (χ3n) is 5.77. The van der Waals surface area contributed by atoms with Gasteiger partial charge in [-0.15, -0.1) is 0 Å². The lowest BCUT2D eigenvalue weighted by molar-refractivity contribution is 0.00173. The topological polar surface area (TPSA) is 86.1 Å². The minimum atomic E-state index is -0.194. The van der Waals surface area contributed by atoms with Crippen molar-refractivity contribution < 1.29 is 19.0 Å². The van der Waals surface area contributed by atoms with E-state index in [-0.39, 0.29) is 24.2 Å². The summed E-state index contributed by atoms with van der Waals surface area (Å²) in [7, 11) is 1.69. The summed E-state index contributed by atoms with van der Waals surface area (Å²) in [5.41, 5.74) is 7.90. The van der Waals surface area contributed by atoms with E-state index in [1.165, 1.54) is 0 Å². The normalized spacial score (nSPS) is 21.9. The summed E-state index contributed by atoms with van der Waals surface area (Å²) in [5, 5.41) is 3.54. The SMILES string of the molecule is COC1CN(CCCOC(C)C)CCC1NC(=O)c1cc(Cl)c(N)c2c1OCCC2. The number of piperidine rings is 1. The number of hydrogen-bond donors (Lipinski definition) is 2. The van der Waals surface area contributed by atoms with Gasteiger partial charge in [0.05, 0.1) is 41.1 Å². The first kappa shape index (κ1) is 23.1. The molecule has 0 aliphatic carbocycles. The lowest BCUT2D eigenvalue weighted by atomic mass is 9.98. The van der Waals surface area contributed by atoms with Crippen molar-refractivity contribution in [2.45, 2.75) is 57.8 Å². The van der Waals surface area contributed by atoms with E-state index >= 15 is 0 Å². The standard InChI is InChI=1S/C22H34ClN3O4/c1-14(2)29-11-5-8-26-9-7-18(19(13-26)28-3)25-22(27)16-12-17(23)20(24)15-6-4-10-30-21(15)16/h12,14,18-19H,4-11,13,24H2,1-3H3,(H,25,27). The maximum Gasteiger partial charge on any atom is 0.255 e. The molecule has 1 amide bonds. The summed E-state index contributed by atoms with van der Waals surface area (Å²) in [5.74, 6) is 0.373. The van der Waals surface area contributed by atoms with Crippen molar-refractivity contribution in [2.24, 2.45) is 0 Å². The second kappa shape index (κ2) is 10.7. The number of benzene rings is 1. The number of hydrogen-bond acceptors (Lipinski definition) is 6. The van der Waals surface area contributed by atoms with Gasteiger partial charge in [0.2, 0.25) is 0 Å². The molecule has 0 bridgehead atoms. The number of anilines is 1. The number of nitrogens with one attached hydrogen (secondary N) is 1. The molecule has 168 valence electrons. The number of carbonyl (C=O) groups is 1. The number of rotatable bonds is 8. The van der Waals surface area contributed by atoms with E-state index in [1.807, 2.05) is 13.8 Å². The second-order valence-corrected chi connectivity index (χ2v) is 8.70. The number of fused-ring (bicyclic) bond motifs is 1. The molecule has 1 aromatic carbocycles. The van der Waals surface area contributed by atoms with Crippen LogP contribution in [-0.2, 0) is 15.9 Å². The Bertz CT molecular complexity index is 744. The fraction of sp³-hybridized carbons (Fsp3) is 0.682. The van der Waals surface area contributed by atoms with Crippen LogP contribution in [0.2, 0.25) is 5.02 Å². The van der Waals surface area contributed by atoms with Crippen LogP contribution in [0.3, 0.4) is 0 Å². The first-order valence-corrected chi connectivity index (χ1v) is 11.2. The van der Waals surface area contributed by atoms with Crippen LogP contribution in [0.4, 0.5) is 5.69 Å². The Hall–Kier alpha value is -1.54. The highest BCUT2D eigenvalue weighted by Gasteiger charge is 2.32. The van der Waals surface area contributed by atoms with Crippen molar-refractivity contribution in [3.05, 3.63) is 22.2 Å². The van der Waals surface area contributed by atoms with Gasteiger partial charge < -0.3 is 30.2 Å². The number of nitrogens with zero attached hydrogens (tertiary/aromatic N) is 1. The predicted molar refractivity (Wildman–Crippen MR) is 118 cm³/mol. The highest BCUT2D eigenvalue weighted by molar-refractivity contribution is 6.33. The molecular weight excluding hydrogens is 406 g/mol. The Morgan fingerprint density at radius 2 is 2.27 bits per heavy atom. The molecule has 8 heteroatoms. The first-order valence-electron chi connectivity index (χ1n) is 10.8. The predicted octanol–water partition coefficient (Wildman–Crippen LogP) is 2.88. The molecule has 0 radical (unpaired) electrons. The molecule has 0 saturated carbocycles. The van der Waals surface area contributed by atoms with Gasteiger partial charge in [0.15, 0.2) is 0 Å². The number of halogens is 1. The first-order chi connectivity index (χ1) is 14.4. The van der Waals surface area contributed by atoms with Crippen LogP contribution in [0.5, 0.6) is 5.75 Å². The Balaban J connectivity index is 1.61. The van der Waals surface area contributed by atoms with Crippen molar-refractivity contribution in [3.8, 4) is 5.75 Å². The van der Waals surface area contributed by atoms with E-state index in [0.29, 0.717) is 28.6 Å². The van der Waals surface area contributed by atoms with E-state index in [2.05, 4.69) is 10.2 Å². The molecule has 2 unspecified atom stereocenters. The summed E-state index contributed by atoms with van der Waals surface area (Å²) in [6, 6.07) is 1.54. The van der Waals surface area contributed by atoms with Crippen LogP contribution in [0.15, 0.2) is 6.07 Å². The van der Waals surface area contributed by atoms with E-state index in [9.17, 15) is 4.79 Å². The maximum absolute atomic E-state index is 13.1. The summed E-state index contributed by atoms with van der Waals surface area (Å²) in [6.45, 7) is 8.08. The van der Waals surface area contributed by atoms with Gasteiger partial charge in [-0.2, -0.15) is 0 Å². The molecule has 2 aliphatic heterocycles. The van der Waals surface area contributed by atoms with Crippen molar-refractivity contribution in [3.63, 3.8) is 0 Å². The summed E-state index contributed by atoms with van der Waals surface area (Å²) in [4.78, 5) is 15.5. The van der Waals surface area contributed by atoms with Gasteiger partial charge in [0.1, 0.15) is 5.75 Å². The zero-order valence-electron chi connectivity index (χ0n) is 18.2.